The Hall–Kier alpha value is -3.10. The quantitative estimate of drug-likeness (QED) is 0.608. The number of ether oxygens (including phenoxy) is 2. The van der Waals surface area contributed by atoms with Gasteiger partial charge in [0, 0.05) is 18.7 Å². The highest BCUT2D eigenvalue weighted by Crippen LogP contribution is 2.32. The fraction of sp³-hybridized carbons (Fsp3) is 0.348. The maximum atomic E-state index is 12.8. The molecule has 0 bridgehead atoms. The Morgan fingerprint density at radius 3 is 2.97 bits per heavy atom. The summed E-state index contributed by atoms with van der Waals surface area (Å²) >= 11 is 6.23. The number of fused-ring (bicyclic) bond motifs is 1. The molecule has 1 saturated heterocycles. The van der Waals surface area contributed by atoms with Crippen LogP contribution in [0.1, 0.15) is 24.3 Å². The molecule has 1 fully saturated rings. The van der Waals surface area contributed by atoms with Gasteiger partial charge in [-0.2, -0.15) is 4.98 Å². The highest BCUT2D eigenvalue weighted by Gasteiger charge is 2.27. The predicted molar refractivity (Wildman–Crippen MR) is 117 cm³/mol. The van der Waals surface area contributed by atoms with Crippen LogP contribution < -0.4 is 14.8 Å². The van der Waals surface area contributed by atoms with Gasteiger partial charge >= 0.3 is 0 Å². The van der Waals surface area contributed by atoms with Crippen LogP contribution in [-0.4, -0.2) is 40.8 Å². The number of piperidine rings is 1. The van der Waals surface area contributed by atoms with E-state index < -0.39 is 0 Å². The van der Waals surface area contributed by atoms with Crippen molar-refractivity contribution in [1.82, 2.24) is 20.4 Å². The summed E-state index contributed by atoms with van der Waals surface area (Å²) in [7, 11) is 0. The highest BCUT2D eigenvalue weighted by molar-refractivity contribution is 6.33. The number of amides is 1. The van der Waals surface area contributed by atoms with E-state index in [1.165, 1.54) is 0 Å². The van der Waals surface area contributed by atoms with Crippen molar-refractivity contribution in [3.05, 3.63) is 58.9 Å². The molecule has 2 aliphatic heterocycles. The fourth-order valence-electron chi connectivity index (χ4n) is 4.06. The van der Waals surface area contributed by atoms with Crippen LogP contribution in [-0.2, 0) is 17.9 Å². The van der Waals surface area contributed by atoms with Crippen LogP contribution in [0.3, 0.4) is 0 Å². The Bertz CT molecular complexity index is 1120. The topological polar surface area (TPSA) is 89.7 Å². The van der Waals surface area contributed by atoms with E-state index in [1.54, 1.807) is 6.07 Å². The van der Waals surface area contributed by atoms with Crippen molar-refractivity contribution in [3.63, 3.8) is 0 Å². The zero-order chi connectivity index (χ0) is 21.9. The van der Waals surface area contributed by atoms with Crippen molar-refractivity contribution in [2.45, 2.75) is 25.9 Å². The zero-order valence-electron chi connectivity index (χ0n) is 17.4. The Labute approximate surface area is 190 Å². The normalized spacial score (nSPS) is 18.0. The lowest BCUT2D eigenvalue weighted by Crippen LogP contribution is -2.42. The monoisotopic (exact) mass is 454 g/mol. The lowest BCUT2D eigenvalue weighted by atomic mass is 9.97. The predicted octanol–water partition coefficient (Wildman–Crippen LogP) is 3.65. The van der Waals surface area contributed by atoms with Crippen molar-refractivity contribution in [1.29, 1.82) is 0 Å². The van der Waals surface area contributed by atoms with Gasteiger partial charge in [0.1, 0.15) is 0 Å². The standard InChI is InChI=1S/C23H23ClN4O4/c24-18-6-2-1-5-17(18)22-26-21(32-27-22)13-28-9-3-4-16(12-28)23(29)25-11-15-7-8-19-20(10-15)31-14-30-19/h1-2,5-8,10,16H,3-4,9,11-14H2,(H,25,29). The summed E-state index contributed by atoms with van der Waals surface area (Å²) in [5, 5.41) is 7.69. The van der Waals surface area contributed by atoms with Gasteiger partial charge in [0.25, 0.3) is 0 Å². The van der Waals surface area contributed by atoms with Gasteiger partial charge in [0.15, 0.2) is 11.5 Å². The van der Waals surface area contributed by atoms with Gasteiger partial charge in [-0.3, -0.25) is 9.69 Å². The average molecular weight is 455 g/mol. The molecular weight excluding hydrogens is 432 g/mol. The first kappa shape index (κ1) is 20.8. The Balaban J connectivity index is 1.16. The van der Waals surface area contributed by atoms with E-state index >= 15 is 0 Å². The first-order chi connectivity index (χ1) is 15.7. The molecule has 3 heterocycles. The van der Waals surface area contributed by atoms with Crippen molar-refractivity contribution in [2.75, 3.05) is 19.9 Å². The average Bonchev–Trinajstić information content (AvgIpc) is 3.47. The molecule has 1 unspecified atom stereocenters. The second-order valence-electron chi connectivity index (χ2n) is 7.97. The third-order valence-corrected chi connectivity index (χ3v) is 6.05. The molecule has 1 amide bonds. The van der Waals surface area contributed by atoms with Crippen molar-refractivity contribution >= 4 is 17.5 Å². The number of benzene rings is 2. The first-order valence-electron chi connectivity index (χ1n) is 10.6. The highest BCUT2D eigenvalue weighted by atomic mass is 35.5. The van der Waals surface area contributed by atoms with Gasteiger partial charge in [-0.25, -0.2) is 0 Å². The minimum absolute atomic E-state index is 0.0506. The van der Waals surface area contributed by atoms with Gasteiger partial charge in [-0.15, -0.1) is 0 Å². The molecule has 0 saturated carbocycles. The van der Waals surface area contributed by atoms with Gasteiger partial charge < -0.3 is 19.3 Å². The Morgan fingerprint density at radius 1 is 1.19 bits per heavy atom. The molecule has 1 aromatic heterocycles. The molecule has 0 aliphatic carbocycles. The Kier molecular flexibility index (Phi) is 5.96. The maximum absolute atomic E-state index is 12.8. The van der Waals surface area contributed by atoms with Crippen LogP contribution in [0.4, 0.5) is 0 Å². The van der Waals surface area contributed by atoms with Gasteiger partial charge in [-0.05, 0) is 49.2 Å². The minimum Gasteiger partial charge on any atom is -0.454 e. The summed E-state index contributed by atoms with van der Waals surface area (Å²) in [5.41, 5.74) is 1.72. The van der Waals surface area contributed by atoms with Crippen LogP contribution in [0, 0.1) is 5.92 Å². The molecule has 32 heavy (non-hydrogen) atoms. The molecule has 8 nitrogen and oxygen atoms in total. The summed E-state index contributed by atoms with van der Waals surface area (Å²) in [4.78, 5) is 19.4. The van der Waals surface area contributed by atoms with Gasteiger partial charge in [-0.1, -0.05) is 35.0 Å². The molecule has 0 spiro atoms. The third kappa shape index (κ3) is 4.56. The van der Waals surface area contributed by atoms with Crippen LogP contribution in [0.5, 0.6) is 11.5 Å². The molecule has 0 radical (unpaired) electrons. The number of rotatable bonds is 6. The van der Waals surface area contributed by atoms with Crippen LogP contribution in [0.25, 0.3) is 11.4 Å². The van der Waals surface area contributed by atoms with Crippen molar-refractivity contribution < 1.29 is 18.8 Å². The zero-order valence-corrected chi connectivity index (χ0v) is 18.2. The summed E-state index contributed by atoms with van der Waals surface area (Å²) < 4.78 is 16.2. The van der Waals surface area contributed by atoms with Gasteiger partial charge in [0.05, 0.1) is 17.5 Å². The second-order valence-corrected chi connectivity index (χ2v) is 8.38. The van der Waals surface area contributed by atoms with Crippen molar-refractivity contribution in [2.24, 2.45) is 5.92 Å². The molecule has 3 aromatic rings. The molecular formula is C23H23ClN4O4. The van der Waals surface area contributed by atoms with E-state index in [1.807, 2.05) is 36.4 Å². The number of hydrogen-bond donors (Lipinski definition) is 1. The SMILES string of the molecule is O=C(NCc1ccc2c(c1)OCO2)C1CCCN(Cc2nc(-c3ccccc3Cl)no2)C1. The number of aromatic nitrogens is 2. The fourth-order valence-corrected chi connectivity index (χ4v) is 4.28. The second kappa shape index (κ2) is 9.18. The van der Waals surface area contributed by atoms with Crippen LogP contribution >= 0.6 is 11.6 Å². The summed E-state index contributed by atoms with van der Waals surface area (Å²) in [5.74, 6) is 2.42. The number of carbonyl (C=O) groups is 1. The van der Waals surface area contributed by atoms with E-state index in [9.17, 15) is 4.79 Å². The number of likely N-dealkylation sites (tertiary alicyclic amines) is 1. The lowest BCUT2D eigenvalue weighted by molar-refractivity contribution is -0.127. The van der Waals surface area contributed by atoms with Crippen LogP contribution in [0.2, 0.25) is 5.02 Å². The van der Waals surface area contributed by atoms with Gasteiger partial charge in [0.2, 0.25) is 24.4 Å². The largest absolute Gasteiger partial charge is 0.454 e. The molecule has 1 N–H and O–H groups in total. The number of nitrogens with one attached hydrogen (secondary N) is 1. The molecule has 1 atom stereocenters. The summed E-state index contributed by atoms with van der Waals surface area (Å²) in [6, 6.07) is 13.1. The number of carbonyl (C=O) groups excluding carboxylic acids is 1. The molecule has 166 valence electrons. The number of halogens is 1. The molecule has 9 heteroatoms. The Morgan fingerprint density at radius 2 is 2.06 bits per heavy atom. The number of nitrogens with zero attached hydrogens (tertiary/aromatic N) is 3. The smallest absolute Gasteiger partial charge is 0.241 e. The van der Waals surface area contributed by atoms with E-state index in [4.69, 9.17) is 25.6 Å². The summed E-state index contributed by atoms with van der Waals surface area (Å²) in [6.45, 7) is 2.73. The van der Waals surface area contributed by atoms with E-state index in [0.717, 1.165) is 42.0 Å². The van der Waals surface area contributed by atoms with E-state index in [2.05, 4.69) is 20.4 Å². The first-order valence-corrected chi connectivity index (χ1v) is 11.0. The molecule has 5 rings (SSSR count). The summed E-state index contributed by atoms with van der Waals surface area (Å²) in [6.07, 6.45) is 1.80. The van der Waals surface area contributed by atoms with Crippen LogP contribution in [0.15, 0.2) is 47.0 Å². The third-order valence-electron chi connectivity index (χ3n) is 5.72. The molecule has 2 aromatic carbocycles. The maximum Gasteiger partial charge on any atom is 0.241 e. The molecule has 2 aliphatic rings. The number of hydrogen-bond acceptors (Lipinski definition) is 7. The van der Waals surface area contributed by atoms with E-state index in [0.29, 0.717) is 36.4 Å². The van der Waals surface area contributed by atoms with Crippen molar-refractivity contribution in [3.8, 4) is 22.9 Å². The minimum atomic E-state index is -0.0799. The lowest BCUT2D eigenvalue weighted by Gasteiger charge is -2.30. The van der Waals surface area contributed by atoms with E-state index in [-0.39, 0.29) is 18.6 Å².